The summed E-state index contributed by atoms with van der Waals surface area (Å²) in [6, 6.07) is 18.6. The first-order chi connectivity index (χ1) is 17.9. The molecular weight excluding hydrogens is 475 g/mol. The highest BCUT2D eigenvalue weighted by Crippen LogP contribution is 2.28. The number of carbonyl (C=O) groups excluding carboxylic acids is 3. The molecule has 0 saturated carbocycles. The van der Waals surface area contributed by atoms with Crippen molar-refractivity contribution < 1.29 is 28.2 Å². The molecule has 2 amide bonds. The quantitative estimate of drug-likeness (QED) is 0.469. The van der Waals surface area contributed by atoms with E-state index in [2.05, 4.69) is 5.32 Å². The predicted octanol–water partition coefficient (Wildman–Crippen LogP) is 4.77. The van der Waals surface area contributed by atoms with Crippen LogP contribution in [0.1, 0.15) is 41.4 Å². The van der Waals surface area contributed by atoms with Gasteiger partial charge in [0.25, 0.3) is 11.8 Å². The fourth-order valence-corrected chi connectivity index (χ4v) is 4.16. The molecule has 1 fully saturated rings. The number of rotatable bonds is 7. The third-order valence-electron chi connectivity index (χ3n) is 6.17. The average molecular weight is 505 g/mol. The van der Waals surface area contributed by atoms with E-state index in [-0.39, 0.29) is 5.56 Å². The second-order valence-electron chi connectivity index (χ2n) is 8.75. The second kappa shape index (κ2) is 11.8. The summed E-state index contributed by atoms with van der Waals surface area (Å²) in [5.41, 5.74) is 3.37. The summed E-state index contributed by atoms with van der Waals surface area (Å²) in [6.45, 7) is 4.91. The molecule has 1 saturated heterocycles. The fraction of sp³-hybridized carbons (Fsp3) is 0.276. The van der Waals surface area contributed by atoms with E-state index in [9.17, 15) is 18.8 Å². The monoisotopic (exact) mass is 504 g/mol. The smallest absolute Gasteiger partial charge is 0.303 e. The Kier molecular flexibility index (Phi) is 8.30. The van der Waals surface area contributed by atoms with Gasteiger partial charge in [0.15, 0.2) is 0 Å². The van der Waals surface area contributed by atoms with Gasteiger partial charge in [-0.1, -0.05) is 43.3 Å². The lowest BCUT2D eigenvalue weighted by Gasteiger charge is -2.27. The number of esters is 1. The van der Waals surface area contributed by atoms with Gasteiger partial charge in [0, 0.05) is 31.3 Å². The first kappa shape index (κ1) is 26.0. The number of carbonyl (C=O) groups is 3. The van der Waals surface area contributed by atoms with Crippen molar-refractivity contribution >= 4 is 23.5 Å². The maximum atomic E-state index is 14.6. The summed E-state index contributed by atoms with van der Waals surface area (Å²) >= 11 is 0. The molecule has 3 aromatic carbocycles. The fourth-order valence-electron chi connectivity index (χ4n) is 4.16. The molecule has 0 radical (unpaired) electrons. The Labute approximate surface area is 215 Å². The van der Waals surface area contributed by atoms with Gasteiger partial charge in [-0.3, -0.25) is 14.4 Å². The molecule has 3 aromatic rings. The molecule has 0 aliphatic carbocycles. The van der Waals surface area contributed by atoms with Crippen molar-refractivity contribution in [1.29, 1.82) is 0 Å². The molecule has 1 aliphatic heterocycles. The van der Waals surface area contributed by atoms with Crippen LogP contribution in [0.15, 0.2) is 66.7 Å². The van der Waals surface area contributed by atoms with Crippen LogP contribution in [0.3, 0.4) is 0 Å². The van der Waals surface area contributed by atoms with E-state index >= 15 is 0 Å². The number of nitrogens with one attached hydrogen (secondary N) is 1. The summed E-state index contributed by atoms with van der Waals surface area (Å²) in [7, 11) is 0. The topological polar surface area (TPSA) is 84.9 Å². The van der Waals surface area contributed by atoms with E-state index in [1.54, 1.807) is 47.4 Å². The van der Waals surface area contributed by atoms with Gasteiger partial charge in [0.05, 0.1) is 18.8 Å². The van der Waals surface area contributed by atoms with Crippen LogP contribution in [0.5, 0.6) is 0 Å². The van der Waals surface area contributed by atoms with Crippen molar-refractivity contribution in [2.24, 2.45) is 0 Å². The van der Waals surface area contributed by atoms with Crippen LogP contribution < -0.4 is 5.32 Å². The van der Waals surface area contributed by atoms with Crippen molar-refractivity contribution in [3.05, 3.63) is 89.2 Å². The normalized spacial score (nSPS) is 14.1. The zero-order chi connectivity index (χ0) is 26.4. The standard InChI is InChI=1S/C29H29FN2O5/c1-3-20-7-10-24(11-8-20)31-28(34)27(37-19(2)33)23-6-4-5-21(17-23)22-9-12-26(30)25(18-22)29(35)32-13-15-36-16-14-32/h4-12,17-18,27H,3,13-16H2,1-2H3,(H,31,34). The zero-order valence-electron chi connectivity index (χ0n) is 20.8. The summed E-state index contributed by atoms with van der Waals surface area (Å²) < 4.78 is 25.3. The molecule has 1 unspecified atom stereocenters. The lowest BCUT2D eigenvalue weighted by atomic mass is 9.98. The molecule has 0 bridgehead atoms. The minimum Gasteiger partial charge on any atom is -0.447 e. The number of benzene rings is 3. The summed E-state index contributed by atoms with van der Waals surface area (Å²) in [4.78, 5) is 39.4. The van der Waals surface area contributed by atoms with Crippen LogP contribution in [0.4, 0.5) is 10.1 Å². The number of morpholine rings is 1. The van der Waals surface area contributed by atoms with Gasteiger partial charge in [-0.15, -0.1) is 0 Å². The van der Waals surface area contributed by atoms with Gasteiger partial charge in [0.1, 0.15) is 5.82 Å². The van der Waals surface area contributed by atoms with E-state index in [1.165, 1.54) is 19.1 Å². The zero-order valence-corrected chi connectivity index (χ0v) is 20.8. The van der Waals surface area contributed by atoms with Gasteiger partial charge in [-0.2, -0.15) is 0 Å². The van der Waals surface area contributed by atoms with Crippen LogP contribution in [-0.4, -0.2) is 49.0 Å². The Balaban J connectivity index is 1.61. The molecule has 1 heterocycles. The van der Waals surface area contributed by atoms with Crippen LogP contribution in [0.25, 0.3) is 11.1 Å². The minimum atomic E-state index is -1.20. The molecule has 1 aliphatic rings. The van der Waals surface area contributed by atoms with E-state index in [0.717, 1.165) is 12.0 Å². The van der Waals surface area contributed by atoms with Gasteiger partial charge in [0.2, 0.25) is 6.10 Å². The third kappa shape index (κ3) is 6.40. The van der Waals surface area contributed by atoms with E-state index in [0.29, 0.717) is 48.7 Å². The SMILES string of the molecule is CCc1ccc(NC(=O)C(OC(C)=O)c2cccc(-c3ccc(F)c(C(=O)N4CCOCC4)c3)c2)cc1. The van der Waals surface area contributed by atoms with Crippen LogP contribution in [-0.2, 0) is 25.5 Å². The van der Waals surface area contributed by atoms with Crippen molar-refractivity contribution in [3.63, 3.8) is 0 Å². The second-order valence-corrected chi connectivity index (χ2v) is 8.75. The highest BCUT2D eigenvalue weighted by Gasteiger charge is 2.25. The number of nitrogens with zero attached hydrogens (tertiary/aromatic N) is 1. The molecule has 1 atom stereocenters. The van der Waals surface area contributed by atoms with Crippen molar-refractivity contribution in [3.8, 4) is 11.1 Å². The maximum absolute atomic E-state index is 14.6. The number of aryl methyl sites for hydroxylation is 1. The highest BCUT2D eigenvalue weighted by molar-refractivity contribution is 5.97. The number of amides is 2. The predicted molar refractivity (Wildman–Crippen MR) is 138 cm³/mol. The molecule has 8 heteroatoms. The third-order valence-corrected chi connectivity index (χ3v) is 6.17. The lowest BCUT2D eigenvalue weighted by Crippen LogP contribution is -2.41. The first-order valence-electron chi connectivity index (χ1n) is 12.2. The van der Waals surface area contributed by atoms with E-state index in [1.807, 2.05) is 19.1 Å². The van der Waals surface area contributed by atoms with Gasteiger partial charge >= 0.3 is 5.97 Å². The average Bonchev–Trinajstić information content (AvgIpc) is 2.92. The number of anilines is 1. The van der Waals surface area contributed by atoms with Gasteiger partial charge in [-0.25, -0.2) is 4.39 Å². The Morgan fingerprint density at radius 3 is 2.38 bits per heavy atom. The summed E-state index contributed by atoms with van der Waals surface area (Å²) in [5.74, 6) is -2.11. The van der Waals surface area contributed by atoms with Crippen LogP contribution >= 0.6 is 0 Å². The molecule has 192 valence electrons. The largest absolute Gasteiger partial charge is 0.447 e. The number of hydrogen-bond acceptors (Lipinski definition) is 5. The summed E-state index contributed by atoms with van der Waals surface area (Å²) in [6.07, 6.45) is -0.321. The van der Waals surface area contributed by atoms with Crippen LogP contribution in [0.2, 0.25) is 0 Å². The lowest BCUT2D eigenvalue weighted by molar-refractivity contribution is -0.152. The van der Waals surface area contributed by atoms with E-state index < -0.39 is 29.7 Å². The molecule has 4 rings (SSSR count). The Morgan fingerprint density at radius 2 is 1.70 bits per heavy atom. The number of hydrogen-bond donors (Lipinski definition) is 1. The summed E-state index contributed by atoms with van der Waals surface area (Å²) in [5, 5.41) is 2.80. The Hall–Kier alpha value is -4.04. The van der Waals surface area contributed by atoms with Crippen molar-refractivity contribution in [2.45, 2.75) is 26.4 Å². The van der Waals surface area contributed by atoms with Crippen LogP contribution in [0, 0.1) is 5.82 Å². The number of ether oxygens (including phenoxy) is 2. The molecule has 7 nitrogen and oxygen atoms in total. The Bertz CT molecular complexity index is 1290. The molecular formula is C29H29FN2O5. The highest BCUT2D eigenvalue weighted by atomic mass is 19.1. The number of halogens is 1. The van der Waals surface area contributed by atoms with Crippen molar-refractivity contribution in [1.82, 2.24) is 4.90 Å². The first-order valence-corrected chi connectivity index (χ1v) is 12.2. The maximum Gasteiger partial charge on any atom is 0.303 e. The van der Waals surface area contributed by atoms with Crippen molar-refractivity contribution in [2.75, 3.05) is 31.6 Å². The molecule has 0 aromatic heterocycles. The van der Waals surface area contributed by atoms with Gasteiger partial charge in [-0.05, 0) is 53.4 Å². The van der Waals surface area contributed by atoms with E-state index in [4.69, 9.17) is 9.47 Å². The molecule has 37 heavy (non-hydrogen) atoms. The molecule has 0 spiro atoms. The van der Waals surface area contributed by atoms with Gasteiger partial charge < -0.3 is 19.7 Å². The minimum absolute atomic E-state index is 0.0328. The molecule has 1 N–H and O–H groups in total. The Morgan fingerprint density at radius 1 is 1.00 bits per heavy atom.